The summed E-state index contributed by atoms with van der Waals surface area (Å²) < 4.78 is 2.28. The number of nitrogens with zero attached hydrogens (tertiary/aromatic N) is 1. The summed E-state index contributed by atoms with van der Waals surface area (Å²) in [5, 5.41) is 2.44. The first kappa shape index (κ1) is 11.4. The summed E-state index contributed by atoms with van der Waals surface area (Å²) in [5.74, 6) is 0. The highest BCUT2D eigenvalue weighted by molar-refractivity contribution is 5.93. The Morgan fingerprint density at radius 2 is 1.85 bits per heavy atom. The molecule has 4 rings (SSSR count). The highest BCUT2D eigenvalue weighted by Crippen LogP contribution is 2.29. The molecule has 0 bridgehead atoms. The van der Waals surface area contributed by atoms with E-state index in [1.54, 1.807) is 0 Å². The van der Waals surface area contributed by atoms with Crippen molar-refractivity contribution in [3.63, 3.8) is 0 Å². The Labute approximate surface area is 117 Å². The number of H-pyrrole nitrogens is 1. The normalized spacial score (nSPS) is 11.5. The van der Waals surface area contributed by atoms with Gasteiger partial charge in [0, 0.05) is 34.2 Å². The van der Waals surface area contributed by atoms with Gasteiger partial charge in [-0.3, -0.25) is 0 Å². The summed E-state index contributed by atoms with van der Waals surface area (Å²) in [6.07, 6.45) is 2.08. The number of hydrogen-bond donors (Lipinski definition) is 1. The molecule has 0 saturated heterocycles. The fourth-order valence-electron chi connectivity index (χ4n) is 2.97. The maximum absolute atomic E-state index is 3.50. The molecule has 0 aliphatic rings. The molecule has 20 heavy (non-hydrogen) atoms. The van der Waals surface area contributed by atoms with Gasteiger partial charge in [0.25, 0.3) is 0 Å². The molecule has 0 fully saturated rings. The lowest BCUT2D eigenvalue weighted by molar-refractivity contribution is 1.06. The molecule has 0 spiro atoms. The summed E-state index contributed by atoms with van der Waals surface area (Å²) in [4.78, 5) is 3.35. The van der Waals surface area contributed by atoms with Crippen LogP contribution in [0.5, 0.6) is 0 Å². The zero-order valence-electron chi connectivity index (χ0n) is 11.6. The van der Waals surface area contributed by atoms with Gasteiger partial charge in [-0.25, -0.2) is 0 Å². The number of aromatic amines is 1. The van der Waals surface area contributed by atoms with Crippen LogP contribution >= 0.6 is 0 Å². The molecule has 0 amide bonds. The maximum Gasteiger partial charge on any atom is 0.0712 e. The second-order valence-electron chi connectivity index (χ2n) is 5.23. The minimum absolute atomic E-state index is 1.14. The van der Waals surface area contributed by atoms with Crippen LogP contribution in [0.2, 0.25) is 0 Å². The lowest BCUT2D eigenvalue weighted by atomic mass is 10.1. The van der Waals surface area contributed by atoms with Crippen LogP contribution in [0.1, 0.15) is 11.3 Å². The highest BCUT2D eigenvalue weighted by Gasteiger charge is 2.12. The van der Waals surface area contributed by atoms with E-state index in [4.69, 9.17) is 0 Å². The Hall–Kier alpha value is -2.48. The van der Waals surface area contributed by atoms with Crippen molar-refractivity contribution in [2.45, 2.75) is 13.8 Å². The topological polar surface area (TPSA) is 20.7 Å². The molecule has 2 aromatic heterocycles. The molecule has 2 nitrogen and oxygen atoms in total. The monoisotopic (exact) mass is 259 g/mol. The molecule has 97 valence electrons. The molecule has 1 radical (unpaired) electrons. The summed E-state index contributed by atoms with van der Waals surface area (Å²) in [6.45, 7) is 4.25. The number of hydrogen-bond acceptors (Lipinski definition) is 0. The Morgan fingerprint density at radius 1 is 1.00 bits per heavy atom. The second-order valence-corrected chi connectivity index (χ2v) is 5.23. The molecular formula is C18H15N2. The summed E-state index contributed by atoms with van der Waals surface area (Å²) in [5.41, 5.74) is 5.97. The number of fused-ring (bicyclic) bond motifs is 2. The number of aromatic nitrogens is 2. The molecule has 4 aromatic rings. The lowest BCUT2D eigenvalue weighted by Crippen LogP contribution is -1.94. The average Bonchev–Trinajstić information content (AvgIpc) is 3.00. The van der Waals surface area contributed by atoms with E-state index in [9.17, 15) is 0 Å². The van der Waals surface area contributed by atoms with Crippen molar-refractivity contribution in [1.29, 1.82) is 0 Å². The van der Waals surface area contributed by atoms with E-state index in [1.165, 1.54) is 27.5 Å². The van der Waals surface area contributed by atoms with E-state index in [2.05, 4.69) is 78.1 Å². The van der Waals surface area contributed by atoms with Crippen molar-refractivity contribution >= 4 is 21.8 Å². The third kappa shape index (κ3) is 1.45. The van der Waals surface area contributed by atoms with Crippen molar-refractivity contribution in [2.75, 3.05) is 0 Å². The standard InChI is InChI=1S/C18H15N2/c1-12-6-5-9-17-15(12)10-13(2)20(17)18-11-19-16-8-4-3-7-14(16)18/h3-9,11,19H,1-2H3. The predicted molar refractivity (Wildman–Crippen MR) is 83.4 cm³/mol. The van der Waals surface area contributed by atoms with Gasteiger partial charge in [0.05, 0.1) is 11.2 Å². The van der Waals surface area contributed by atoms with Crippen molar-refractivity contribution in [3.8, 4) is 5.69 Å². The Morgan fingerprint density at radius 3 is 2.75 bits per heavy atom. The van der Waals surface area contributed by atoms with Crippen molar-refractivity contribution in [1.82, 2.24) is 9.55 Å². The van der Waals surface area contributed by atoms with Crippen LogP contribution in [0.15, 0.2) is 48.7 Å². The predicted octanol–water partition coefficient (Wildman–Crippen LogP) is 4.53. The fraction of sp³-hybridized carbons (Fsp3) is 0.111. The summed E-state index contributed by atoms with van der Waals surface area (Å²) in [7, 11) is 0. The number of rotatable bonds is 1. The molecule has 0 saturated carbocycles. The van der Waals surface area contributed by atoms with Gasteiger partial charge < -0.3 is 9.55 Å². The first-order chi connectivity index (χ1) is 9.75. The zero-order chi connectivity index (χ0) is 13.7. The first-order valence-corrected chi connectivity index (χ1v) is 6.82. The Bertz CT molecular complexity index is 925. The van der Waals surface area contributed by atoms with Crippen LogP contribution in [0.25, 0.3) is 27.5 Å². The number of para-hydroxylation sites is 1. The number of benzene rings is 2. The quantitative estimate of drug-likeness (QED) is 0.518. The third-order valence-electron chi connectivity index (χ3n) is 3.94. The summed E-state index contributed by atoms with van der Waals surface area (Å²) >= 11 is 0. The molecule has 1 N–H and O–H groups in total. The number of nitrogens with one attached hydrogen (secondary N) is 1. The average molecular weight is 259 g/mol. The molecule has 2 aromatic carbocycles. The van der Waals surface area contributed by atoms with Crippen LogP contribution in [-0.2, 0) is 0 Å². The SMILES string of the molecule is Cc1cccc2c1[c]c(C)n2-c1c[nH]c2ccccc12. The van der Waals surface area contributed by atoms with E-state index in [-0.39, 0.29) is 0 Å². The maximum atomic E-state index is 3.50. The third-order valence-corrected chi connectivity index (χ3v) is 3.94. The van der Waals surface area contributed by atoms with Gasteiger partial charge in [-0.05, 0) is 31.5 Å². The van der Waals surface area contributed by atoms with Crippen LogP contribution in [-0.4, -0.2) is 9.55 Å². The number of aryl methyl sites for hydroxylation is 2. The van der Waals surface area contributed by atoms with Gasteiger partial charge in [-0.2, -0.15) is 0 Å². The highest BCUT2D eigenvalue weighted by atomic mass is 15.0. The van der Waals surface area contributed by atoms with Crippen molar-refractivity contribution in [2.24, 2.45) is 0 Å². The minimum Gasteiger partial charge on any atom is -0.359 e. The van der Waals surface area contributed by atoms with Crippen molar-refractivity contribution in [3.05, 3.63) is 66.0 Å². The van der Waals surface area contributed by atoms with E-state index in [0.29, 0.717) is 0 Å². The van der Waals surface area contributed by atoms with Gasteiger partial charge in [-0.15, -0.1) is 0 Å². The molecular weight excluding hydrogens is 244 g/mol. The van der Waals surface area contributed by atoms with E-state index >= 15 is 0 Å². The van der Waals surface area contributed by atoms with Crippen LogP contribution in [0.4, 0.5) is 0 Å². The molecule has 2 heteroatoms. The van der Waals surface area contributed by atoms with Crippen LogP contribution < -0.4 is 0 Å². The Kier molecular flexibility index (Phi) is 2.27. The van der Waals surface area contributed by atoms with Crippen LogP contribution in [0, 0.1) is 19.9 Å². The molecule has 0 aliphatic heterocycles. The van der Waals surface area contributed by atoms with Crippen LogP contribution in [0.3, 0.4) is 0 Å². The first-order valence-electron chi connectivity index (χ1n) is 6.82. The molecule has 0 aliphatic carbocycles. The van der Waals surface area contributed by atoms with Gasteiger partial charge >= 0.3 is 0 Å². The van der Waals surface area contributed by atoms with E-state index in [1.807, 2.05) is 0 Å². The van der Waals surface area contributed by atoms with E-state index in [0.717, 1.165) is 11.2 Å². The van der Waals surface area contributed by atoms with Gasteiger partial charge in [-0.1, -0.05) is 30.3 Å². The van der Waals surface area contributed by atoms with E-state index < -0.39 is 0 Å². The second kappa shape index (κ2) is 4.01. The minimum atomic E-state index is 1.14. The fourth-order valence-corrected chi connectivity index (χ4v) is 2.97. The molecule has 0 atom stereocenters. The summed E-state index contributed by atoms with van der Waals surface area (Å²) in [6, 6.07) is 18.3. The van der Waals surface area contributed by atoms with Gasteiger partial charge in [0.15, 0.2) is 0 Å². The van der Waals surface area contributed by atoms with Crippen molar-refractivity contribution < 1.29 is 0 Å². The molecule has 0 unspecified atom stereocenters. The zero-order valence-corrected chi connectivity index (χ0v) is 11.6. The lowest BCUT2D eigenvalue weighted by Gasteiger charge is -2.07. The largest absolute Gasteiger partial charge is 0.359 e. The Balaban J connectivity index is 2.12. The molecule has 2 heterocycles. The smallest absolute Gasteiger partial charge is 0.0712 e. The van der Waals surface area contributed by atoms with Gasteiger partial charge in [0.2, 0.25) is 0 Å². The van der Waals surface area contributed by atoms with Gasteiger partial charge in [0.1, 0.15) is 0 Å².